The lowest BCUT2D eigenvalue weighted by Gasteiger charge is -2.18. The Balaban J connectivity index is 1.65. The average Bonchev–Trinajstić information content (AvgIpc) is 3.23. The summed E-state index contributed by atoms with van der Waals surface area (Å²) in [6, 6.07) is 17.4. The number of nitrogens with zero attached hydrogens (tertiary/aromatic N) is 3. The Kier molecular flexibility index (Phi) is 6.50. The highest BCUT2D eigenvalue weighted by Crippen LogP contribution is 2.23. The third-order valence-electron chi connectivity index (χ3n) is 3.87. The lowest BCUT2D eigenvalue weighted by Crippen LogP contribution is -2.26. The Hall–Kier alpha value is -3.23. The molecule has 1 atom stereocenters. The van der Waals surface area contributed by atoms with Crippen LogP contribution in [0.5, 0.6) is 5.75 Å². The molecule has 0 aliphatic rings. The average molecular weight is 368 g/mol. The number of hydrogen-bond donors (Lipinski definition) is 2. The standard InChI is InChI=1S/C19H20N4O4/c24-19(21-25)14-27-18(12-23-11-10-20-22-23)16-6-8-17(9-7-16)26-13-15-4-2-1-3-5-15/h1-11,18,25H,12-14H2,(H,21,24)/t18-/m1/s1. The van der Waals surface area contributed by atoms with E-state index in [1.54, 1.807) is 22.6 Å². The van der Waals surface area contributed by atoms with Crippen molar-refractivity contribution in [2.24, 2.45) is 0 Å². The van der Waals surface area contributed by atoms with Gasteiger partial charge in [-0.1, -0.05) is 47.7 Å². The quantitative estimate of drug-likeness (QED) is 0.443. The van der Waals surface area contributed by atoms with E-state index in [1.165, 1.54) is 0 Å². The van der Waals surface area contributed by atoms with Crippen LogP contribution in [0.2, 0.25) is 0 Å². The number of hydrogen-bond acceptors (Lipinski definition) is 6. The van der Waals surface area contributed by atoms with Gasteiger partial charge in [0.05, 0.1) is 12.7 Å². The molecule has 1 amide bonds. The van der Waals surface area contributed by atoms with Gasteiger partial charge in [-0.25, -0.2) is 10.2 Å². The van der Waals surface area contributed by atoms with Crippen molar-refractivity contribution in [1.82, 2.24) is 20.5 Å². The van der Waals surface area contributed by atoms with E-state index in [1.807, 2.05) is 54.6 Å². The second-order valence-corrected chi connectivity index (χ2v) is 5.80. The minimum atomic E-state index is -0.624. The molecule has 0 fully saturated rings. The van der Waals surface area contributed by atoms with E-state index in [-0.39, 0.29) is 6.61 Å². The van der Waals surface area contributed by atoms with Crippen LogP contribution in [0.15, 0.2) is 67.0 Å². The zero-order valence-electron chi connectivity index (χ0n) is 14.6. The number of rotatable bonds is 9. The fourth-order valence-electron chi connectivity index (χ4n) is 2.48. The van der Waals surface area contributed by atoms with Crippen LogP contribution in [0.4, 0.5) is 0 Å². The summed E-state index contributed by atoms with van der Waals surface area (Å²) in [5.74, 6) is 0.108. The number of ether oxygens (including phenoxy) is 2. The number of benzene rings is 2. The van der Waals surface area contributed by atoms with Crippen LogP contribution >= 0.6 is 0 Å². The third-order valence-corrected chi connectivity index (χ3v) is 3.87. The van der Waals surface area contributed by atoms with Gasteiger partial charge in [0.1, 0.15) is 25.1 Å². The van der Waals surface area contributed by atoms with Gasteiger partial charge in [-0.05, 0) is 23.3 Å². The number of amides is 1. The van der Waals surface area contributed by atoms with Gasteiger partial charge < -0.3 is 9.47 Å². The van der Waals surface area contributed by atoms with Crippen molar-refractivity contribution < 1.29 is 19.5 Å². The number of carbonyl (C=O) groups is 1. The Bertz CT molecular complexity index is 823. The fourth-order valence-corrected chi connectivity index (χ4v) is 2.48. The third kappa shape index (κ3) is 5.63. The van der Waals surface area contributed by atoms with Gasteiger partial charge in [-0.15, -0.1) is 5.10 Å². The maximum Gasteiger partial charge on any atom is 0.269 e. The first-order valence-corrected chi connectivity index (χ1v) is 8.40. The zero-order valence-corrected chi connectivity index (χ0v) is 14.6. The smallest absolute Gasteiger partial charge is 0.269 e. The van der Waals surface area contributed by atoms with E-state index < -0.39 is 12.0 Å². The predicted molar refractivity (Wildman–Crippen MR) is 95.9 cm³/mol. The highest BCUT2D eigenvalue weighted by atomic mass is 16.5. The number of hydroxylamine groups is 1. The van der Waals surface area contributed by atoms with Crippen molar-refractivity contribution in [2.75, 3.05) is 6.61 Å². The highest BCUT2D eigenvalue weighted by Gasteiger charge is 2.15. The van der Waals surface area contributed by atoms with Gasteiger partial charge in [-0.3, -0.25) is 10.0 Å². The minimum absolute atomic E-state index is 0.276. The highest BCUT2D eigenvalue weighted by molar-refractivity contribution is 5.75. The minimum Gasteiger partial charge on any atom is -0.489 e. The second-order valence-electron chi connectivity index (χ2n) is 5.80. The van der Waals surface area contributed by atoms with Crippen LogP contribution in [0.1, 0.15) is 17.2 Å². The molecule has 0 unspecified atom stereocenters. The van der Waals surface area contributed by atoms with E-state index in [0.29, 0.717) is 13.2 Å². The van der Waals surface area contributed by atoms with Crippen LogP contribution < -0.4 is 10.2 Å². The Morgan fingerprint density at radius 3 is 2.59 bits per heavy atom. The summed E-state index contributed by atoms with van der Waals surface area (Å²) in [6.45, 7) is 0.584. The van der Waals surface area contributed by atoms with E-state index in [4.69, 9.17) is 14.7 Å². The van der Waals surface area contributed by atoms with Gasteiger partial charge in [0.15, 0.2) is 0 Å². The largest absolute Gasteiger partial charge is 0.489 e. The van der Waals surface area contributed by atoms with Gasteiger partial charge in [-0.2, -0.15) is 0 Å². The molecule has 8 nitrogen and oxygen atoms in total. The SMILES string of the molecule is O=C(CO[C@H](Cn1ccnn1)c1ccc(OCc2ccccc2)cc1)NO. The maximum atomic E-state index is 11.3. The van der Waals surface area contributed by atoms with Crippen LogP contribution in [0, 0.1) is 0 Å². The summed E-state index contributed by atoms with van der Waals surface area (Å²) in [7, 11) is 0. The molecule has 0 bridgehead atoms. The molecule has 2 aromatic carbocycles. The molecule has 0 radical (unpaired) electrons. The lowest BCUT2D eigenvalue weighted by molar-refractivity contribution is -0.136. The number of nitrogens with one attached hydrogen (secondary N) is 1. The van der Waals surface area contributed by atoms with Crippen LogP contribution in [-0.4, -0.2) is 32.7 Å². The summed E-state index contributed by atoms with van der Waals surface area (Å²) in [5, 5.41) is 16.3. The topological polar surface area (TPSA) is 98.5 Å². The Morgan fingerprint density at radius 2 is 1.93 bits per heavy atom. The van der Waals surface area contributed by atoms with Crippen LogP contribution in [-0.2, 0) is 22.7 Å². The molecule has 1 aromatic heterocycles. The van der Waals surface area contributed by atoms with E-state index in [0.717, 1.165) is 16.9 Å². The number of aromatic nitrogens is 3. The van der Waals surface area contributed by atoms with Crippen molar-refractivity contribution in [1.29, 1.82) is 0 Å². The molecule has 3 rings (SSSR count). The first-order valence-electron chi connectivity index (χ1n) is 8.40. The van der Waals surface area contributed by atoms with Gasteiger partial charge in [0, 0.05) is 6.20 Å². The second kappa shape index (κ2) is 9.46. The molecule has 8 heteroatoms. The normalized spacial score (nSPS) is 11.7. The summed E-state index contributed by atoms with van der Waals surface area (Å²) in [6.07, 6.45) is 2.84. The molecule has 0 spiro atoms. The summed E-state index contributed by atoms with van der Waals surface area (Å²) < 4.78 is 13.0. The molecule has 140 valence electrons. The van der Waals surface area contributed by atoms with Crippen molar-refractivity contribution >= 4 is 5.91 Å². The predicted octanol–water partition coefficient (Wildman–Crippen LogP) is 2.12. The summed E-state index contributed by atoms with van der Waals surface area (Å²) >= 11 is 0. The molecule has 0 aliphatic heterocycles. The summed E-state index contributed by atoms with van der Waals surface area (Å²) in [5.41, 5.74) is 3.49. The fraction of sp³-hybridized carbons (Fsp3) is 0.211. The zero-order chi connectivity index (χ0) is 18.9. The van der Waals surface area contributed by atoms with Crippen molar-refractivity contribution in [3.8, 4) is 5.75 Å². The molecule has 1 heterocycles. The summed E-state index contributed by atoms with van der Waals surface area (Å²) in [4.78, 5) is 11.3. The number of carbonyl (C=O) groups excluding carboxylic acids is 1. The molecule has 0 aliphatic carbocycles. The lowest BCUT2D eigenvalue weighted by atomic mass is 10.1. The monoisotopic (exact) mass is 368 g/mol. The maximum absolute atomic E-state index is 11.3. The van der Waals surface area contributed by atoms with Gasteiger partial charge in [0.2, 0.25) is 0 Å². The Labute approximate surface area is 156 Å². The Morgan fingerprint density at radius 1 is 1.15 bits per heavy atom. The van der Waals surface area contributed by atoms with E-state index >= 15 is 0 Å². The van der Waals surface area contributed by atoms with Crippen LogP contribution in [0.3, 0.4) is 0 Å². The van der Waals surface area contributed by atoms with Crippen molar-refractivity contribution in [3.63, 3.8) is 0 Å². The van der Waals surface area contributed by atoms with Gasteiger partial charge >= 0.3 is 0 Å². The van der Waals surface area contributed by atoms with E-state index in [2.05, 4.69) is 10.3 Å². The molecular formula is C19H20N4O4. The molecule has 3 aromatic rings. The molecule has 2 N–H and O–H groups in total. The molecule has 0 saturated heterocycles. The molecule has 27 heavy (non-hydrogen) atoms. The van der Waals surface area contributed by atoms with Crippen molar-refractivity contribution in [2.45, 2.75) is 19.3 Å². The van der Waals surface area contributed by atoms with Crippen molar-refractivity contribution in [3.05, 3.63) is 78.1 Å². The van der Waals surface area contributed by atoms with Crippen LogP contribution in [0.25, 0.3) is 0 Å². The first-order chi connectivity index (χ1) is 13.2. The van der Waals surface area contributed by atoms with E-state index in [9.17, 15) is 4.79 Å². The first kappa shape index (κ1) is 18.6. The van der Waals surface area contributed by atoms with Gasteiger partial charge in [0.25, 0.3) is 5.91 Å². The molecular weight excluding hydrogens is 348 g/mol. The molecule has 0 saturated carbocycles.